The summed E-state index contributed by atoms with van der Waals surface area (Å²) in [6, 6.07) is 0.873. The lowest BCUT2D eigenvalue weighted by molar-refractivity contribution is -0.139. The molecule has 0 aromatic rings. The van der Waals surface area contributed by atoms with Gasteiger partial charge in [-0.2, -0.15) is 17.0 Å². The van der Waals surface area contributed by atoms with Crippen molar-refractivity contribution in [3.05, 3.63) is 11.8 Å². The van der Waals surface area contributed by atoms with E-state index in [-0.39, 0.29) is 12.0 Å². The predicted molar refractivity (Wildman–Crippen MR) is 90.4 cm³/mol. The van der Waals surface area contributed by atoms with Crippen LogP contribution >= 0.6 is 11.8 Å². The van der Waals surface area contributed by atoms with E-state index in [9.17, 15) is 14.4 Å². The second kappa shape index (κ2) is 13.2. The SMILES string of the molecule is CSCCC(N/C=C(/C#N)C(=O)NCCCCCC(=O)O)C(=O)O. The highest BCUT2D eigenvalue weighted by Crippen LogP contribution is 2.02. The number of aliphatic carboxylic acids is 2. The molecule has 0 fully saturated rings. The molecule has 0 aromatic carbocycles. The van der Waals surface area contributed by atoms with Crippen LogP contribution in [0.15, 0.2) is 11.8 Å². The first-order chi connectivity index (χ1) is 11.4. The minimum Gasteiger partial charge on any atom is -0.481 e. The highest BCUT2D eigenvalue weighted by molar-refractivity contribution is 7.98. The molecular weight excluding hydrogens is 334 g/mol. The van der Waals surface area contributed by atoms with E-state index in [4.69, 9.17) is 15.5 Å². The lowest BCUT2D eigenvalue weighted by Gasteiger charge is -2.12. The Hall–Kier alpha value is -2.21. The number of hydrogen-bond acceptors (Lipinski definition) is 6. The number of unbranched alkanes of at least 4 members (excludes halogenated alkanes) is 2. The average molecular weight is 357 g/mol. The number of rotatable bonds is 13. The number of hydrogen-bond donors (Lipinski definition) is 4. The highest BCUT2D eigenvalue weighted by atomic mass is 32.2. The van der Waals surface area contributed by atoms with E-state index < -0.39 is 23.9 Å². The molecule has 1 unspecified atom stereocenters. The summed E-state index contributed by atoms with van der Waals surface area (Å²) in [7, 11) is 0. The Labute approximate surface area is 145 Å². The van der Waals surface area contributed by atoms with Crippen LogP contribution in [0.1, 0.15) is 32.1 Å². The van der Waals surface area contributed by atoms with Gasteiger partial charge >= 0.3 is 11.9 Å². The summed E-state index contributed by atoms with van der Waals surface area (Å²) >= 11 is 1.51. The van der Waals surface area contributed by atoms with E-state index in [1.807, 2.05) is 6.26 Å². The van der Waals surface area contributed by atoms with Crippen molar-refractivity contribution < 1.29 is 24.6 Å². The summed E-state index contributed by atoms with van der Waals surface area (Å²) < 4.78 is 0. The van der Waals surface area contributed by atoms with E-state index in [2.05, 4.69) is 10.6 Å². The van der Waals surface area contributed by atoms with Gasteiger partial charge in [-0.05, 0) is 31.3 Å². The molecule has 8 nitrogen and oxygen atoms in total. The van der Waals surface area contributed by atoms with Crippen LogP contribution in [0.25, 0.3) is 0 Å². The van der Waals surface area contributed by atoms with Gasteiger partial charge in [-0.25, -0.2) is 4.79 Å². The molecule has 0 aromatic heterocycles. The molecule has 4 N–H and O–H groups in total. The fourth-order valence-corrected chi connectivity index (χ4v) is 2.19. The molecule has 0 saturated carbocycles. The Morgan fingerprint density at radius 3 is 2.50 bits per heavy atom. The van der Waals surface area contributed by atoms with Gasteiger partial charge < -0.3 is 20.8 Å². The van der Waals surface area contributed by atoms with Crippen LogP contribution in [0.4, 0.5) is 0 Å². The van der Waals surface area contributed by atoms with Gasteiger partial charge in [0.15, 0.2) is 0 Å². The lowest BCUT2D eigenvalue weighted by Crippen LogP contribution is -2.35. The summed E-state index contributed by atoms with van der Waals surface area (Å²) in [5, 5.41) is 31.7. The Kier molecular flexibility index (Phi) is 12.0. The maximum atomic E-state index is 11.8. The lowest BCUT2D eigenvalue weighted by atomic mass is 10.2. The number of nitrogens with one attached hydrogen (secondary N) is 2. The summed E-state index contributed by atoms with van der Waals surface area (Å²) in [6.07, 6.45) is 5.25. The van der Waals surface area contributed by atoms with Crippen LogP contribution in [-0.4, -0.2) is 52.7 Å². The zero-order valence-corrected chi connectivity index (χ0v) is 14.4. The first-order valence-corrected chi connectivity index (χ1v) is 8.89. The summed E-state index contributed by atoms with van der Waals surface area (Å²) in [4.78, 5) is 33.2. The van der Waals surface area contributed by atoms with Gasteiger partial charge in [0, 0.05) is 19.2 Å². The molecule has 0 aliphatic rings. The second-order valence-electron chi connectivity index (χ2n) is 4.97. The van der Waals surface area contributed by atoms with E-state index in [0.29, 0.717) is 38.0 Å². The van der Waals surface area contributed by atoms with Gasteiger partial charge in [0.2, 0.25) is 0 Å². The Morgan fingerprint density at radius 1 is 1.25 bits per heavy atom. The largest absolute Gasteiger partial charge is 0.481 e. The van der Waals surface area contributed by atoms with Gasteiger partial charge in [-0.3, -0.25) is 9.59 Å². The van der Waals surface area contributed by atoms with E-state index in [1.165, 1.54) is 11.8 Å². The van der Waals surface area contributed by atoms with E-state index in [1.54, 1.807) is 6.07 Å². The molecular formula is C15H23N3O5S. The van der Waals surface area contributed by atoms with Gasteiger partial charge in [-0.15, -0.1) is 0 Å². The quantitative estimate of drug-likeness (QED) is 0.217. The minimum atomic E-state index is -1.04. The topological polar surface area (TPSA) is 140 Å². The van der Waals surface area contributed by atoms with Gasteiger partial charge in [0.25, 0.3) is 5.91 Å². The van der Waals surface area contributed by atoms with Crippen molar-refractivity contribution in [1.29, 1.82) is 5.26 Å². The van der Waals surface area contributed by atoms with Gasteiger partial charge in [0.1, 0.15) is 17.7 Å². The number of carbonyl (C=O) groups excluding carboxylic acids is 1. The number of nitriles is 1. The maximum absolute atomic E-state index is 11.8. The molecule has 0 radical (unpaired) electrons. The first kappa shape index (κ1) is 21.8. The zero-order valence-electron chi connectivity index (χ0n) is 13.6. The van der Waals surface area contributed by atoms with Crippen molar-refractivity contribution in [3.8, 4) is 6.07 Å². The van der Waals surface area contributed by atoms with E-state index in [0.717, 1.165) is 6.20 Å². The molecule has 0 aliphatic carbocycles. The number of carbonyl (C=O) groups is 3. The van der Waals surface area contributed by atoms with Crippen LogP contribution in [-0.2, 0) is 14.4 Å². The number of thioether (sulfide) groups is 1. The third kappa shape index (κ3) is 10.5. The highest BCUT2D eigenvalue weighted by Gasteiger charge is 2.16. The van der Waals surface area contributed by atoms with Crippen molar-refractivity contribution >= 4 is 29.6 Å². The monoisotopic (exact) mass is 357 g/mol. The smallest absolute Gasteiger partial charge is 0.326 e. The van der Waals surface area contributed by atoms with Crippen LogP contribution in [0, 0.1) is 11.3 Å². The van der Waals surface area contributed by atoms with Crippen molar-refractivity contribution in [2.75, 3.05) is 18.6 Å². The molecule has 1 amide bonds. The number of carboxylic acid groups (broad SMARTS) is 2. The average Bonchev–Trinajstić information content (AvgIpc) is 2.53. The van der Waals surface area contributed by atoms with Crippen molar-refractivity contribution in [2.45, 2.75) is 38.1 Å². The third-order valence-corrected chi connectivity index (χ3v) is 3.70. The fraction of sp³-hybridized carbons (Fsp3) is 0.600. The van der Waals surface area contributed by atoms with Crippen LogP contribution < -0.4 is 10.6 Å². The van der Waals surface area contributed by atoms with Gasteiger partial charge in [-0.1, -0.05) is 6.42 Å². The second-order valence-corrected chi connectivity index (χ2v) is 5.95. The zero-order chi connectivity index (χ0) is 18.4. The fourth-order valence-electron chi connectivity index (χ4n) is 1.72. The molecule has 0 aliphatic heterocycles. The molecule has 0 saturated heterocycles. The minimum absolute atomic E-state index is 0.0911. The summed E-state index contributed by atoms with van der Waals surface area (Å²) in [6.45, 7) is 0.326. The van der Waals surface area contributed by atoms with Gasteiger partial charge in [0.05, 0.1) is 0 Å². The number of carboxylic acids is 2. The standard InChI is InChI=1S/C15H23N3O5S/c1-24-8-6-12(15(22)23)18-10-11(9-16)14(21)17-7-4-2-3-5-13(19)20/h10,12,18H,2-8H2,1H3,(H,17,21)(H,19,20)(H,22,23)/b11-10-. The Morgan fingerprint density at radius 2 is 1.96 bits per heavy atom. The first-order valence-electron chi connectivity index (χ1n) is 7.50. The van der Waals surface area contributed by atoms with Crippen LogP contribution in [0.3, 0.4) is 0 Å². The number of amides is 1. The van der Waals surface area contributed by atoms with E-state index >= 15 is 0 Å². The summed E-state index contributed by atoms with van der Waals surface area (Å²) in [5.41, 5.74) is -0.198. The molecule has 134 valence electrons. The molecule has 24 heavy (non-hydrogen) atoms. The number of nitrogens with zero attached hydrogens (tertiary/aromatic N) is 1. The Balaban J connectivity index is 4.29. The Bertz CT molecular complexity index is 502. The van der Waals surface area contributed by atoms with Crippen molar-refractivity contribution in [2.24, 2.45) is 0 Å². The molecule has 0 rings (SSSR count). The summed E-state index contributed by atoms with van der Waals surface area (Å²) in [5.74, 6) is -1.84. The van der Waals surface area contributed by atoms with Crippen LogP contribution in [0.2, 0.25) is 0 Å². The van der Waals surface area contributed by atoms with Crippen molar-refractivity contribution in [3.63, 3.8) is 0 Å². The molecule has 0 bridgehead atoms. The molecule has 0 heterocycles. The maximum Gasteiger partial charge on any atom is 0.326 e. The molecule has 9 heteroatoms. The van der Waals surface area contributed by atoms with Crippen LogP contribution in [0.5, 0.6) is 0 Å². The third-order valence-electron chi connectivity index (χ3n) is 3.06. The predicted octanol–water partition coefficient (Wildman–Crippen LogP) is 0.951. The van der Waals surface area contributed by atoms with Crippen molar-refractivity contribution in [1.82, 2.24) is 10.6 Å². The molecule has 1 atom stereocenters. The normalized spacial score (nSPS) is 12.1. The molecule has 0 spiro atoms.